The Labute approximate surface area is 81.8 Å². The molecule has 0 aliphatic rings. The summed E-state index contributed by atoms with van der Waals surface area (Å²) < 4.78 is 0. The second-order valence-corrected chi connectivity index (χ2v) is 3.64. The number of nitrogens with zero attached hydrogens (tertiary/aromatic N) is 1. The minimum Gasteiger partial charge on any atom is -0.325 e. The summed E-state index contributed by atoms with van der Waals surface area (Å²) in [5.41, 5.74) is 1.64. The number of hydrogen-bond acceptors (Lipinski definition) is 2. The van der Waals surface area contributed by atoms with E-state index in [-0.39, 0.29) is 5.56 Å². The molecule has 0 atom stereocenters. The number of nitrogens with one attached hydrogen (secondary N) is 1. The predicted molar refractivity (Wildman–Crippen MR) is 56.5 cm³/mol. The lowest BCUT2D eigenvalue weighted by Crippen LogP contribution is -2.10. The van der Waals surface area contributed by atoms with Crippen molar-refractivity contribution in [2.45, 2.75) is 19.8 Å². The molecule has 0 amide bonds. The summed E-state index contributed by atoms with van der Waals surface area (Å²) in [5.74, 6) is 0.314. The Morgan fingerprint density at radius 2 is 2.21 bits per heavy atom. The lowest BCUT2D eigenvalue weighted by atomic mass is 10.1. The van der Waals surface area contributed by atoms with Crippen molar-refractivity contribution in [3.8, 4) is 0 Å². The van der Waals surface area contributed by atoms with Crippen molar-refractivity contribution in [2.75, 3.05) is 0 Å². The third-order valence-electron chi connectivity index (χ3n) is 2.26. The normalized spacial score (nSPS) is 11.1. The van der Waals surface area contributed by atoms with E-state index >= 15 is 0 Å². The summed E-state index contributed by atoms with van der Waals surface area (Å²) in [4.78, 5) is 18.6. The largest absolute Gasteiger partial charge is 0.325 e. The first-order valence-corrected chi connectivity index (χ1v) is 4.66. The highest BCUT2D eigenvalue weighted by molar-refractivity contribution is 5.77. The number of H-pyrrole nitrogens is 1. The van der Waals surface area contributed by atoms with Crippen LogP contribution >= 0.6 is 0 Å². The van der Waals surface area contributed by atoms with E-state index in [1.807, 2.05) is 19.9 Å². The van der Waals surface area contributed by atoms with Gasteiger partial charge in [-0.3, -0.25) is 9.78 Å². The molecular formula is C11H12N2O. The average molecular weight is 188 g/mol. The zero-order valence-electron chi connectivity index (χ0n) is 8.24. The molecule has 0 aliphatic carbocycles. The van der Waals surface area contributed by atoms with Crippen molar-refractivity contribution in [2.24, 2.45) is 0 Å². The first-order chi connectivity index (χ1) is 6.68. The van der Waals surface area contributed by atoms with E-state index in [1.54, 1.807) is 18.3 Å². The molecule has 2 heterocycles. The van der Waals surface area contributed by atoms with E-state index in [4.69, 9.17) is 0 Å². The Bertz CT molecular complexity index is 514. The maximum absolute atomic E-state index is 11.6. The van der Waals surface area contributed by atoms with Gasteiger partial charge in [-0.1, -0.05) is 13.8 Å². The van der Waals surface area contributed by atoms with E-state index in [0.29, 0.717) is 11.3 Å². The standard InChI is InChI=1S/C11H12N2O/c1-7(2)9-6-10-8(11(14)13-9)4-3-5-12-10/h3-7H,1-2H3,(H,13,14). The van der Waals surface area contributed by atoms with E-state index in [9.17, 15) is 4.79 Å². The third-order valence-corrected chi connectivity index (χ3v) is 2.26. The van der Waals surface area contributed by atoms with Crippen molar-refractivity contribution in [3.05, 3.63) is 40.4 Å². The molecule has 0 fully saturated rings. The Hall–Kier alpha value is -1.64. The van der Waals surface area contributed by atoms with Crippen LogP contribution in [-0.4, -0.2) is 9.97 Å². The second-order valence-electron chi connectivity index (χ2n) is 3.64. The van der Waals surface area contributed by atoms with Gasteiger partial charge in [-0.05, 0) is 24.1 Å². The number of aromatic nitrogens is 2. The zero-order valence-corrected chi connectivity index (χ0v) is 8.24. The Morgan fingerprint density at radius 3 is 2.93 bits per heavy atom. The van der Waals surface area contributed by atoms with Crippen LogP contribution in [0, 0.1) is 0 Å². The summed E-state index contributed by atoms with van der Waals surface area (Å²) >= 11 is 0. The van der Waals surface area contributed by atoms with Crippen LogP contribution in [0.4, 0.5) is 0 Å². The SMILES string of the molecule is CC(C)c1cc2ncccc2c(=O)[nH]1. The highest BCUT2D eigenvalue weighted by atomic mass is 16.1. The third kappa shape index (κ3) is 1.41. The second kappa shape index (κ2) is 3.25. The van der Waals surface area contributed by atoms with Crippen LogP contribution in [0.25, 0.3) is 10.9 Å². The molecule has 72 valence electrons. The van der Waals surface area contributed by atoms with Crippen molar-refractivity contribution in [1.82, 2.24) is 9.97 Å². The molecule has 0 bridgehead atoms. The number of aromatic amines is 1. The van der Waals surface area contributed by atoms with Crippen LogP contribution in [0.3, 0.4) is 0 Å². The Balaban J connectivity index is 2.79. The lowest BCUT2D eigenvalue weighted by Gasteiger charge is -2.05. The van der Waals surface area contributed by atoms with Gasteiger partial charge in [-0.15, -0.1) is 0 Å². The molecule has 0 unspecified atom stereocenters. The monoisotopic (exact) mass is 188 g/mol. The molecule has 3 nitrogen and oxygen atoms in total. The van der Waals surface area contributed by atoms with Gasteiger partial charge >= 0.3 is 0 Å². The van der Waals surface area contributed by atoms with E-state index < -0.39 is 0 Å². The van der Waals surface area contributed by atoms with Gasteiger partial charge in [-0.2, -0.15) is 0 Å². The van der Waals surface area contributed by atoms with Crippen LogP contribution in [0.1, 0.15) is 25.5 Å². The van der Waals surface area contributed by atoms with Crippen molar-refractivity contribution in [3.63, 3.8) is 0 Å². The molecule has 0 aromatic carbocycles. The summed E-state index contributed by atoms with van der Waals surface area (Å²) in [5, 5.41) is 0.650. The Morgan fingerprint density at radius 1 is 1.43 bits per heavy atom. The molecule has 2 rings (SSSR count). The first kappa shape index (κ1) is 8.94. The van der Waals surface area contributed by atoms with Gasteiger partial charge in [0.25, 0.3) is 5.56 Å². The highest BCUT2D eigenvalue weighted by Crippen LogP contribution is 2.13. The Kier molecular flexibility index (Phi) is 2.08. The van der Waals surface area contributed by atoms with Crippen LogP contribution in [-0.2, 0) is 0 Å². The molecular weight excluding hydrogens is 176 g/mol. The van der Waals surface area contributed by atoms with Crippen LogP contribution in [0.2, 0.25) is 0 Å². The van der Waals surface area contributed by atoms with E-state index in [2.05, 4.69) is 9.97 Å². The minimum atomic E-state index is -0.0562. The van der Waals surface area contributed by atoms with Gasteiger partial charge in [0.1, 0.15) is 0 Å². The van der Waals surface area contributed by atoms with Gasteiger partial charge in [0.15, 0.2) is 0 Å². The molecule has 3 heteroatoms. The van der Waals surface area contributed by atoms with Crippen LogP contribution in [0.15, 0.2) is 29.2 Å². The number of fused-ring (bicyclic) bond motifs is 1. The van der Waals surface area contributed by atoms with Gasteiger partial charge in [0, 0.05) is 11.9 Å². The fourth-order valence-electron chi connectivity index (χ4n) is 1.42. The number of rotatable bonds is 1. The molecule has 14 heavy (non-hydrogen) atoms. The maximum Gasteiger partial charge on any atom is 0.257 e. The van der Waals surface area contributed by atoms with E-state index in [0.717, 1.165) is 11.2 Å². The summed E-state index contributed by atoms with van der Waals surface area (Å²) in [6, 6.07) is 5.49. The number of pyridine rings is 2. The van der Waals surface area contributed by atoms with E-state index in [1.165, 1.54) is 0 Å². The smallest absolute Gasteiger partial charge is 0.257 e. The van der Waals surface area contributed by atoms with Crippen molar-refractivity contribution >= 4 is 10.9 Å². The summed E-state index contributed by atoms with van der Waals surface area (Å²) in [6.07, 6.45) is 1.70. The fraction of sp³-hybridized carbons (Fsp3) is 0.273. The lowest BCUT2D eigenvalue weighted by molar-refractivity contribution is 0.819. The van der Waals surface area contributed by atoms with Crippen molar-refractivity contribution < 1.29 is 0 Å². The summed E-state index contributed by atoms with van der Waals surface area (Å²) in [7, 11) is 0. The van der Waals surface area contributed by atoms with Gasteiger partial charge in [-0.25, -0.2) is 0 Å². The topological polar surface area (TPSA) is 45.8 Å². The van der Waals surface area contributed by atoms with Gasteiger partial charge in [0.05, 0.1) is 10.9 Å². The molecule has 0 spiro atoms. The average Bonchev–Trinajstić information content (AvgIpc) is 2.17. The first-order valence-electron chi connectivity index (χ1n) is 4.66. The highest BCUT2D eigenvalue weighted by Gasteiger charge is 2.04. The molecule has 0 saturated carbocycles. The molecule has 0 saturated heterocycles. The summed E-state index contributed by atoms with van der Waals surface area (Å²) in [6.45, 7) is 4.08. The number of hydrogen-bond donors (Lipinski definition) is 1. The molecule has 2 aromatic rings. The predicted octanol–water partition coefficient (Wildman–Crippen LogP) is 2.05. The minimum absolute atomic E-state index is 0.0562. The van der Waals surface area contributed by atoms with Crippen LogP contribution in [0.5, 0.6) is 0 Å². The zero-order chi connectivity index (χ0) is 10.1. The van der Waals surface area contributed by atoms with Crippen LogP contribution < -0.4 is 5.56 Å². The van der Waals surface area contributed by atoms with Gasteiger partial charge < -0.3 is 4.98 Å². The molecule has 0 aliphatic heterocycles. The molecule has 2 aromatic heterocycles. The van der Waals surface area contributed by atoms with Gasteiger partial charge in [0.2, 0.25) is 0 Å². The molecule has 0 radical (unpaired) electrons. The van der Waals surface area contributed by atoms with Crippen molar-refractivity contribution in [1.29, 1.82) is 0 Å². The fourth-order valence-corrected chi connectivity index (χ4v) is 1.42. The quantitative estimate of drug-likeness (QED) is 0.744. The molecule has 1 N–H and O–H groups in total. The maximum atomic E-state index is 11.6.